The molecule has 0 aromatic heterocycles. The van der Waals surface area contributed by atoms with Gasteiger partial charge in [-0.3, -0.25) is 0 Å². The molecule has 1 aliphatic heterocycles. The van der Waals surface area contributed by atoms with E-state index in [0.717, 1.165) is 17.3 Å². The SMILES string of the molecule is CNCCC1CCN(S(=O)(=O)c2c(F)c(F)cc(F)c2F)CC1.Cl. The van der Waals surface area contributed by atoms with E-state index in [9.17, 15) is 26.0 Å². The Morgan fingerprint density at radius 1 is 1.12 bits per heavy atom. The highest BCUT2D eigenvalue weighted by molar-refractivity contribution is 7.89. The van der Waals surface area contributed by atoms with Crippen molar-refractivity contribution >= 4 is 22.4 Å². The van der Waals surface area contributed by atoms with Gasteiger partial charge in [-0.05, 0) is 38.8 Å². The average Bonchev–Trinajstić information content (AvgIpc) is 2.51. The van der Waals surface area contributed by atoms with Crippen LogP contribution in [0.1, 0.15) is 19.3 Å². The van der Waals surface area contributed by atoms with Crippen molar-refractivity contribution in [2.45, 2.75) is 24.2 Å². The van der Waals surface area contributed by atoms with E-state index in [0.29, 0.717) is 18.8 Å². The monoisotopic (exact) mass is 390 g/mol. The van der Waals surface area contributed by atoms with Crippen molar-refractivity contribution in [2.24, 2.45) is 5.92 Å². The maximum absolute atomic E-state index is 13.7. The number of hydrogen-bond acceptors (Lipinski definition) is 3. The number of benzene rings is 1. The molecule has 138 valence electrons. The van der Waals surface area contributed by atoms with Crippen molar-refractivity contribution in [2.75, 3.05) is 26.7 Å². The van der Waals surface area contributed by atoms with E-state index in [2.05, 4.69) is 5.32 Å². The second kappa shape index (κ2) is 8.46. The molecule has 4 nitrogen and oxygen atoms in total. The van der Waals surface area contributed by atoms with Gasteiger partial charge in [0.25, 0.3) is 0 Å². The molecular weight excluding hydrogens is 372 g/mol. The van der Waals surface area contributed by atoms with Crippen LogP contribution in [0.3, 0.4) is 0 Å². The van der Waals surface area contributed by atoms with E-state index in [1.165, 1.54) is 0 Å². The van der Waals surface area contributed by atoms with Gasteiger partial charge in [-0.25, -0.2) is 26.0 Å². The van der Waals surface area contributed by atoms with Crippen molar-refractivity contribution in [3.63, 3.8) is 0 Å². The number of rotatable bonds is 5. The van der Waals surface area contributed by atoms with Crippen LogP contribution in [0, 0.1) is 29.2 Å². The largest absolute Gasteiger partial charge is 0.320 e. The summed E-state index contributed by atoms with van der Waals surface area (Å²) in [6.45, 7) is 0.914. The zero-order valence-corrected chi connectivity index (χ0v) is 14.6. The number of nitrogens with one attached hydrogen (secondary N) is 1. The van der Waals surface area contributed by atoms with Gasteiger partial charge in [-0.1, -0.05) is 0 Å². The lowest BCUT2D eigenvalue weighted by Crippen LogP contribution is -2.39. The predicted molar refractivity (Wildman–Crippen MR) is 83.5 cm³/mol. The van der Waals surface area contributed by atoms with Crippen LogP contribution in [0.2, 0.25) is 0 Å². The quantitative estimate of drug-likeness (QED) is 0.621. The fourth-order valence-electron chi connectivity index (χ4n) is 2.69. The molecule has 1 fully saturated rings. The Kier molecular flexibility index (Phi) is 7.45. The van der Waals surface area contributed by atoms with Crippen molar-refractivity contribution < 1.29 is 26.0 Å². The van der Waals surface area contributed by atoms with E-state index in [-0.39, 0.29) is 31.6 Å². The molecule has 1 aromatic rings. The highest BCUT2D eigenvalue weighted by Gasteiger charge is 2.36. The minimum absolute atomic E-state index is 0. The molecule has 0 saturated carbocycles. The van der Waals surface area contributed by atoms with Gasteiger partial charge in [0.1, 0.15) is 0 Å². The van der Waals surface area contributed by atoms with Gasteiger partial charge in [0.2, 0.25) is 10.0 Å². The lowest BCUT2D eigenvalue weighted by atomic mass is 9.95. The Balaban J connectivity index is 0.00000288. The maximum Gasteiger partial charge on any atom is 0.249 e. The van der Waals surface area contributed by atoms with Gasteiger partial charge in [0.15, 0.2) is 28.2 Å². The molecule has 0 amide bonds. The lowest BCUT2D eigenvalue weighted by molar-refractivity contribution is 0.261. The van der Waals surface area contributed by atoms with E-state index in [1.807, 2.05) is 7.05 Å². The van der Waals surface area contributed by atoms with Crippen LogP contribution in [0.4, 0.5) is 17.6 Å². The Labute approximate surface area is 144 Å². The fraction of sp³-hybridized carbons (Fsp3) is 0.571. The normalized spacial score (nSPS) is 16.9. The molecule has 0 spiro atoms. The molecular formula is C14H19ClF4N2O2S. The second-order valence-electron chi connectivity index (χ2n) is 5.54. The lowest BCUT2D eigenvalue weighted by Gasteiger charge is -2.31. The highest BCUT2D eigenvalue weighted by Crippen LogP contribution is 2.30. The summed E-state index contributed by atoms with van der Waals surface area (Å²) in [4.78, 5) is -1.55. The molecule has 24 heavy (non-hydrogen) atoms. The molecule has 0 aliphatic carbocycles. The van der Waals surface area contributed by atoms with Crippen molar-refractivity contribution in [3.05, 3.63) is 29.3 Å². The standard InChI is InChI=1S/C14H18F4N2O2S.ClH/c1-19-5-2-9-3-6-20(7-4-9)23(21,22)14-12(17)10(15)8-11(16)13(14)18;/h8-9,19H,2-7H2,1H3;1H. The molecule has 0 radical (unpaired) electrons. The molecule has 0 bridgehead atoms. The smallest absolute Gasteiger partial charge is 0.249 e. The van der Waals surface area contributed by atoms with Crippen LogP contribution >= 0.6 is 12.4 Å². The summed E-state index contributed by atoms with van der Waals surface area (Å²) >= 11 is 0. The Morgan fingerprint density at radius 3 is 2.08 bits per heavy atom. The first-order valence-corrected chi connectivity index (χ1v) is 8.70. The number of hydrogen-bond donors (Lipinski definition) is 1. The topological polar surface area (TPSA) is 49.4 Å². The van der Waals surface area contributed by atoms with Crippen molar-refractivity contribution in [3.8, 4) is 0 Å². The second-order valence-corrected chi connectivity index (χ2v) is 7.41. The summed E-state index contributed by atoms with van der Waals surface area (Å²) < 4.78 is 79.6. The first-order chi connectivity index (χ1) is 10.8. The molecule has 1 aliphatic rings. The first-order valence-electron chi connectivity index (χ1n) is 7.26. The maximum atomic E-state index is 13.7. The van der Waals surface area contributed by atoms with E-state index >= 15 is 0 Å². The number of piperidine rings is 1. The summed E-state index contributed by atoms with van der Waals surface area (Å²) in [5.74, 6) is -6.94. The van der Waals surface area contributed by atoms with Crippen LogP contribution in [0.25, 0.3) is 0 Å². The average molecular weight is 391 g/mol. The van der Waals surface area contributed by atoms with Gasteiger partial charge in [0, 0.05) is 19.2 Å². The third-order valence-corrected chi connectivity index (χ3v) is 5.96. The summed E-state index contributed by atoms with van der Waals surface area (Å²) in [6.07, 6.45) is 1.92. The van der Waals surface area contributed by atoms with Crippen LogP contribution in [-0.2, 0) is 10.0 Å². The van der Waals surface area contributed by atoms with E-state index < -0.39 is 38.2 Å². The van der Waals surface area contributed by atoms with Crippen LogP contribution < -0.4 is 5.32 Å². The van der Waals surface area contributed by atoms with Crippen LogP contribution in [-0.4, -0.2) is 39.4 Å². The van der Waals surface area contributed by atoms with Crippen molar-refractivity contribution in [1.29, 1.82) is 0 Å². The van der Waals surface area contributed by atoms with Crippen molar-refractivity contribution in [1.82, 2.24) is 9.62 Å². The molecule has 2 rings (SSSR count). The number of halogens is 5. The van der Waals surface area contributed by atoms with E-state index in [4.69, 9.17) is 0 Å². The van der Waals surface area contributed by atoms with Gasteiger partial charge < -0.3 is 5.32 Å². The molecule has 0 unspecified atom stereocenters. The zero-order valence-electron chi connectivity index (χ0n) is 13.0. The summed E-state index contributed by atoms with van der Waals surface area (Å²) in [5, 5.41) is 3.00. The molecule has 1 saturated heterocycles. The molecule has 1 N–H and O–H groups in total. The zero-order chi connectivity index (χ0) is 17.2. The number of sulfonamides is 1. The van der Waals surface area contributed by atoms with E-state index in [1.54, 1.807) is 0 Å². The minimum Gasteiger partial charge on any atom is -0.320 e. The third kappa shape index (κ3) is 4.19. The fourth-order valence-corrected chi connectivity index (χ4v) is 4.29. The molecule has 1 aromatic carbocycles. The Bertz CT molecular complexity index is 654. The molecule has 10 heteroatoms. The minimum atomic E-state index is -4.62. The van der Waals surface area contributed by atoms with Gasteiger partial charge in [-0.2, -0.15) is 4.31 Å². The first kappa shape index (κ1) is 21.1. The third-order valence-electron chi connectivity index (χ3n) is 4.05. The van der Waals surface area contributed by atoms with Gasteiger partial charge in [-0.15, -0.1) is 12.4 Å². The van der Waals surface area contributed by atoms with Crippen LogP contribution in [0.15, 0.2) is 11.0 Å². The molecule has 0 atom stereocenters. The Morgan fingerprint density at radius 2 is 1.62 bits per heavy atom. The van der Waals surface area contributed by atoms with Crippen LogP contribution in [0.5, 0.6) is 0 Å². The predicted octanol–water partition coefficient (Wildman–Crippen LogP) is 2.68. The Hall–Kier alpha value is -0.900. The van der Waals surface area contributed by atoms with Gasteiger partial charge in [0.05, 0.1) is 0 Å². The summed E-state index contributed by atoms with van der Waals surface area (Å²) in [6, 6.07) is -0.00628. The van der Waals surface area contributed by atoms with Gasteiger partial charge >= 0.3 is 0 Å². The highest BCUT2D eigenvalue weighted by atomic mass is 35.5. The number of nitrogens with zero attached hydrogens (tertiary/aromatic N) is 1. The molecule has 1 heterocycles. The summed E-state index contributed by atoms with van der Waals surface area (Å²) in [7, 11) is -2.82. The summed E-state index contributed by atoms with van der Waals surface area (Å²) in [5.41, 5.74) is 0.